The van der Waals surface area contributed by atoms with Crippen LogP contribution in [0.4, 0.5) is 0 Å². The van der Waals surface area contributed by atoms with E-state index in [-0.39, 0.29) is 24.4 Å². The van der Waals surface area contributed by atoms with Crippen LogP contribution in [0.25, 0.3) is 0 Å². The average molecular weight is 224 g/mol. The van der Waals surface area contributed by atoms with E-state index in [0.29, 0.717) is 0 Å². The van der Waals surface area contributed by atoms with Crippen LogP contribution in [-0.4, -0.2) is 32.2 Å². The van der Waals surface area contributed by atoms with Gasteiger partial charge in [0.2, 0.25) is 0 Å². The van der Waals surface area contributed by atoms with Crippen molar-refractivity contribution in [3.63, 3.8) is 0 Å². The minimum atomic E-state index is -0.864. The highest BCUT2D eigenvalue weighted by Crippen LogP contribution is 2.04. The molecule has 0 saturated carbocycles. The molecule has 0 saturated heterocycles. The Morgan fingerprint density at radius 2 is 1.86 bits per heavy atom. The molecule has 0 aliphatic carbocycles. The molecule has 0 aromatic rings. The number of carbonyl (C=O) groups is 2. The number of halogens is 1. The predicted molar refractivity (Wildman–Crippen MR) is 53.0 cm³/mol. The molecule has 1 atom stereocenters. The minimum Gasteiger partial charge on any atom is -0.468 e. The van der Waals surface area contributed by atoms with Gasteiger partial charge in [0.05, 0.1) is 14.2 Å². The van der Waals surface area contributed by atoms with Crippen molar-refractivity contribution in [2.24, 2.45) is 5.73 Å². The highest BCUT2D eigenvalue weighted by molar-refractivity contribution is 5.89. The number of carbonyl (C=O) groups excluding carboxylic acids is 2. The smallest absolute Gasteiger partial charge is 0.333 e. The highest BCUT2D eigenvalue weighted by atomic mass is 35.5. The number of nitrogens with two attached hydrogens (primary N) is 1. The second-order valence-electron chi connectivity index (χ2n) is 2.43. The summed E-state index contributed by atoms with van der Waals surface area (Å²) in [5, 5.41) is 0. The standard InChI is InChI=1S/C8H13NO4.ClH/c1-5(7(10)12-2)4-6(9)8(11)13-3;/h6H,1,4,9H2,2-3H3;1H/t6-;/m0./s1. The molecule has 0 aromatic carbocycles. The summed E-state index contributed by atoms with van der Waals surface area (Å²) in [7, 11) is 2.46. The summed E-state index contributed by atoms with van der Waals surface area (Å²) in [5.41, 5.74) is 5.53. The maximum absolute atomic E-state index is 10.8. The van der Waals surface area contributed by atoms with Crippen molar-refractivity contribution >= 4 is 24.3 Å². The lowest BCUT2D eigenvalue weighted by atomic mass is 10.1. The normalized spacial score (nSPS) is 10.8. The summed E-state index contributed by atoms with van der Waals surface area (Å²) in [6.07, 6.45) is 0.0410. The van der Waals surface area contributed by atoms with Crippen molar-refractivity contribution in [1.82, 2.24) is 0 Å². The third kappa shape index (κ3) is 4.84. The number of methoxy groups -OCH3 is 2. The van der Waals surface area contributed by atoms with E-state index < -0.39 is 18.0 Å². The predicted octanol–water partition coefficient (Wildman–Crippen LogP) is 0.0278. The molecule has 0 aliphatic rings. The van der Waals surface area contributed by atoms with Crippen LogP contribution in [0, 0.1) is 0 Å². The maximum atomic E-state index is 10.8. The second-order valence-corrected chi connectivity index (χ2v) is 2.43. The van der Waals surface area contributed by atoms with Gasteiger partial charge >= 0.3 is 11.9 Å². The lowest BCUT2D eigenvalue weighted by Crippen LogP contribution is -2.32. The number of hydrogen-bond acceptors (Lipinski definition) is 5. The molecule has 0 amide bonds. The first-order valence-corrected chi connectivity index (χ1v) is 3.62. The lowest BCUT2D eigenvalue weighted by Gasteiger charge is -2.09. The topological polar surface area (TPSA) is 78.6 Å². The van der Waals surface area contributed by atoms with E-state index in [4.69, 9.17) is 5.73 Å². The van der Waals surface area contributed by atoms with Crippen molar-refractivity contribution in [2.75, 3.05) is 14.2 Å². The Bertz CT molecular complexity index is 229. The summed E-state index contributed by atoms with van der Waals surface area (Å²) < 4.78 is 8.75. The van der Waals surface area contributed by atoms with Gasteiger partial charge in [0.15, 0.2) is 0 Å². The molecular weight excluding hydrogens is 210 g/mol. The van der Waals surface area contributed by atoms with E-state index >= 15 is 0 Å². The quantitative estimate of drug-likeness (QED) is 0.537. The van der Waals surface area contributed by atoms with Crippen LogP contribution < -0.4 is 5.73 Å². The molecule has 5 nitrogen and oxygen atoms in total. The zero-order chi connectivity index (χ0) is 10.4. The fraction of sp³-hybridized carbons (Fsp3) is 0.500. The third-order valence-electron chi connectivity index (χ3n) is 1.44. The van der Waals surface area contributed by atoms with Gasteiger partial charge in [-0.1, -0.05) is 6.58 Å². The van der Waals surface area contributed by atoms with E-state index in [0.717, 1.165) is 0 Å². The zero-order valence-electron chi connectivity index (χ0n) is 8.11. The van der Waals surface area contributed by atoms with Crippen LogP contribution in [-0.2, 0) is 19.1 Å². The maximum Gasteiger partial charge on any atom is 0.333 e. The molecule has 0 aromatic heterocycles. The first kappa shape index (κ1) is 15.4. The van der Waals surface area contributed by atoms with Crippen molar-refractivity contribution in [3.05, 3.63) is 12.2 Å². The Kier molecular flexibility index (Phi) is 8.08. The Morgan fingerprint density at radius 1 is 1.36 bits per heavy atom. The molecule has 0 unspecified atom stereocenters. The fourth-order valence-corrected chi connectivity index (χ4v) is 0.728. The molecule has 0 aliphatic heterocycles. The van der Waals surface area contributed by atoms with Gasteiger partial charge in [0.1, 0.15) is 6.04 Å². The van der Waals surface area contributed by atoms with Crippen LogP contribution in [0.15, 0.2) is 12.2 Å². The van der Waals surface area contributed by atoms with Crippen LogP contribution in [0.3, 0.4) is 0 Å². The van der Waals surface area contributed by atoms with E-state index in [1.807, 2.05) is 0 Å². The molecule has 0 heterocycles. The first-order chi connectivity index (χ1) is 6.02. The Morgan fingerprint density at radius 3 is 2.21 bits per heavy atom. The Balaban J connectivity index is 0. The fourth-order valence-electron chi connectivity index (χ4n) is 0.728. The van der Waals surface area contributed by atoms with Crippen LogP contribution in [0.2, 0.25) is 0 Å². The van der Waals surface area contributed by atoms with Crippen molar-refractivity contribution in [1.29, 1.82) is 0 Å². The van der Waals surface area contributed by atoms with Gasteiger partial charge in [-0.3, -0.25) is 4.79 Å². The second kappa shape index (κ2) is 7.34. The summed E-state index contributed by atoms with van der Waals surface area (Å²) in [4.78, 5) is 21.6. The summed E-state index contributed by atoms with van der Waals surface area (Å²) in [6, 6.07) is -0.864. The number of hydrogen-bond donors (Lipinski definition) is 1. The van der Waals surface area contributed by atoms with Gasteiger partial charge in [-0.2, -0.15) is 0 Å². The molecule has 2 N–H and O–H groups in total. The number of esters is 2. The van der Waals surface area contributed by atoms with Crippen LogP contribution >= 0.6 is 12.4 Å². The third-order valence-corrected chi connectivity index (χ3v) is 1.44. The van der Waals surface area contributed by atoms with E-state index in [2.05, 4.69) is 16.1 Å². The molecular formula is C8H14ClNO4. The van der Waals surface area contributed by atoms with E-state index in [1.165, 1.54) is 14.2 Å². The first-order valence-electron chi connectivity index (χ1n) is 3.62. The molecule has 0 bridgehead atoms. The Hall–Kier alpha value is -1.07. The van der Waals surface area contributed by atoms with E-state index in [1.54, 1.807) is 0 Å². The van der Waals surface area contributed by atoms with Gasteiger partial charge < -0.3 is 15.2 Å². The summed E-state index contributed by atoms with van der Waals surface area (Å²) in [6.45, 7) is 3.42. The molecule has 14 heavy (non-hydrogen) atoms. The molecule has 82 valence electrons. The average Bonchev–Trinajstić information content (AvgIpc) is 2.14. The van der Waals surface area contributed by atoms with Crippen LogP contribution in [0.1, 0.15) is 6.42 Å². The van der Waals surface area contributed by atoms with E-state index in [9.17, 15) is 9.59 Å². The van der Waals surface area contributed by atoms with Gasteiger partial charge in [-0.15, -0.1) is 12.4 Å². The molecule has 0 fully saturated rings. The van der Waals surface area contributed by atoms with Crippen molar-refractivity contribution in [2.45, 2.75) is 12.5 Å². The molecule has 0 spiro atoms. The highest BCUT2D eigenvalue weighted by Gasteiger charge is 2.18. The molecule has 6 heteroatoms. The van der Waals surface area contributed by atoms with Gasteiger partial charge in [-0.25, -0.2) is 4.79 Å². The molecule has 0 radical (unpaired) electrons. The number of rotatable bonds is 4. The van der Waals surface area contributed by atoms with Crippen LogP contribution in [0.5, 0.6) is 0 Å². The largest absolute Gasteiger partial charge is 0.468 e. The SMILES string of the molecule is C=C(C[C@H](N)C(=O)OC)C(=O)OC.Cl. The Labute approximate surface area is 88.6 Å². The summed E-state index contributed by atoms with van der Waals surface area (Å²) in [5.74, 6) is -1.15. The molecule has 0 rings (SSSR count). The van der Waals surface area contributed by atoms with Gasteiger partial charge in [0.25, 0.3) is 0 Å². The van der Waals surface area contributed by atoms with Gasteiger partial charge in [0, 0.05) is 12.0 Å². The van der Waals surface area contributed by atoms with Crippen molar-refractivity contribution in [3.8, 4) is 0 Å². The monoisotopic (exact) mass is 223 g/mol. The minimum absolute atomic E-state index is 0. The lowest BCUT2D eigenvalue weighted by molar-refractivity contribution is -0.142. The zero-order valence-corrected chi connectivity index (χ0v) is 8.93. The van der Waals surface area contributed by atoms with Crippen molar-refractivity contribution < 1.29 is 19.1 Å². The number of ether oxygens (including phenoxy) is 2. The summed E-state index contributed by atoms with van der Waals surface area (Å²) >= 11 is 0. The van der Waals surface area contributed by atoms with Gasteiger partial charge in [-0.05, 0) is 0 Å².